The van der Waals surface area contributed by atoms with Crippen molar-refractivity contribution in [1.29, 1.82) is 0 Å². The molecule has 2 aliphatic heterocycles. The Morgan fingerprint density at radius 2 is 2.00 bits per heavy atom. The lowest BCUT2D eigenvalue weighted by Gasteiger charge is -2.38. The van der Waals surface area contributed by atoms with E-state index >= 15 is 0 Å². The summed E-state index contributed by atoms with van der Waals surface area (Å²) >= 11 is 12.4. The van der Waals surface area contributed by atoms with E-state index in [4.69, 9.17) is 34.7 Å². The first-order valence-corrected chi connectivity index (χ1v) is 11.7. The van der Waals surface area contributed by atoms with Crippen molar-refractivity contribution in [3.05, 3.63) is 70.8 Å². The Balaban J connectivity index is 1.80. The molecule has 0 aliphatic carbocycles. The first kappa shape index (κ1) is 25.5. The first-order chi connectivity index (χ1) is 15.7. The van der Waals surface area contributed by atoms with Crippen molar-refractivity contribution < 1.29 is 9.59 Å². The monoisotopic (exact) mass is 491 g/mol. The average Bonchev–Trinajstić information content (AvgIpc) is 3.11. The number of rotatable bonds is 8. The number of piperazine rings is 1. The zero-order valence-electron chi connectivity index (χ0n) is 18.6. The van der Waals surface area contributed by atoms with E-state index in [2.05, 4.69) is 11.9 Å². The average molecular weight is 492 g/mol. The largest absolute Gasteiger partial charge is 0.369 e. The van der Waals surface area contributed by atoms with Crippen molar-refractivity contribution >= 4 is 35.0 Å². The van der Waals surface area contributed by atoms with Gasteiger partial charge in [0.05, 0.1) is 12.6 Å². The molecule has 33 heavy (non-hydrogen) atoms. The molecule has 0 radical (unpaired) electrons. The summed E-state index contributed by atoms with van der Waals surface area (Å²) < 4.78 is 0. The summed E-state index contributed by atoms with van der Waals surface area (Å²) in [4.78, 5) is 28.5. The Bertz CT molecular complexity index is 943. The molecule has 2 amide bonds. The molecule has 3 rings (SSSR count). The van der Waals surface area contributed by atoms with E-state index in [-0.39, 0.29) is 24.3 Å². The normalized spacial score (nSPS) is 26.6. The van der Waals surface area contributed by atoms with Crippen LogP contribution in [-0.2, 0) is 9.59 Å². The third-order valence-electron chi connectivity index (χ3n) is 6.19. The van der Waals surface area contributed by atoms with Crippen LogP contribution in [0.1, 0.15) is 17.9 Å². The van der Waals surface area contributed by atoms with E-state index in [1.54, 1.807) is 24.3 Å². The van der Waals surface area contributed by atoms with Gasteiger partial charge in [0.2, 0.25) is 11.8 Å². The summed E-state index contributed by atoms with van der Waals surface area (Å²) in [5, 5.41) is 4.53. The number of primary amides is 1. The Morgan fingerprint density at radius 3 is 2.64 bits per heavy atom. The van der Waals surface area contributed by atoms with Gasteiger partial charge in [0.25, 0.3) is 0 Å². The number of amides is 2. The molecule has 0 spiro atoms. The number of nitrogens with zero attached hydrogens (tertiary/aromatic N) is 2. The van der Waals surface area contributed by atoms with E-state index < -0.39 is 11.6 Å². The Labute approximate surface area is 205 Å². The van der Waals surface area contributed by atoms with Crippen LogP contribution in [0.25, 0.3) is 0 Å². The predicted molar refractivity (Wildman–Crippen MR) is 133 cm³/mol. The van der Waals surface area contributed by atoms with Gasteiger partial charge in [-0.25, -0.2) is 0 Å². The summed E-state index contributed by atoms with van der Waals surface area (Å²) in [6.45, 7) is 6.59. The van der Waals surface area contributed by atoms with E-state index in [0.717, 1.165) is 5.56 Å². The minimum Gasteiger partial charge on any atom is -0.369 e. The molecule has 1 aromatic rings. The van der Waals surface area contributed by atoms with Crippen LogP contribution in [0.15, 0.2) is 60.2 Å². The highest BCUT2D eigenvalue weighted by molar-refractivity contribution is 6.31. The maximum atomic E-state index is 13.6. The summed E-state index contributed by atoms with van der Waals surface area (Å²) in [5.41, 5.74) is 12.4. The second-order valence-electron chi connectivity index (χ2n) is 8.59. The molecule has 2 heterocycles. The van der Waals surface area contributed by atoms with Crippen LogP contribution < -0.4 is 16.8 Å². The van der Waals surface area contributed by atoms with E-state index in [1.807, 2.05) is 34.1 Å². The van der Waals surface area contributed by atoms with Crippen LogP contribution in [-0.4, -0.2) is 72.5 Å². The highest BCUT2D eigenvalue weighted by Crippen LogP contribution is 2.39. The van der Waals surface area contributed by atoms with Crippen LogP contribution in [0.2, 0.25) is 5.02 Å². The molecule has 9 heteroatoms. The number of hydrogen-bond acceptors (Lipinski definition) is 5. The van der Waals surface area contributed by atoms with E-state index in [0.29, 0.717) is 49.2 Å². The van der Waals surface area contributed by atoms with Gasteiger partial charge in [-0.3, -0.25) is 14.5 Å². The van der Waals surface area contributed by atoms with Gasteiger partial charge in [-0.15, -0.1) is 0 Å². The fourth-order valence-electron chi connectivity index (χ4n) is 4.62. The lowest BCUT2D eigenvalue weighted by molar-refractivity contribution is -0.135. The topological polar surface area (TPSA) is 105 Å². The Hall–Kier alpha value is -2.16. The highest BCUT2D eigenvalue weighted by atomic mass is 35.5. The fourth-order valence-corrected chi connectivity index (χ4v) is 4.99. The minimum absolute atomic E-state index is 0.000379. The molecule has 2 aliphatic rings. The minimum atomic E-state index is -0.708. The second kappa shape index (κ2) is 11.3. The number of hydrogen-bond donors (Lipinski definition) is 3. The van der Waals surface area contributed by atoms with Gasteiger partial charge in [0.15, 0.2) is 0 Å². The molecule has 2 saturated heterocycles. The molecule has 7 nitrogen and oxygen atoms in total. The van der Waals surface area contributed by atoms with E-state index in [9.17, 15) is 9.59 Å². The van der Waals surface area contributed by atoms with Crippen molar-refractivity contribution in [2.75, 3.05) is 39.3 Å². The molecule has 5 N–H and O–H groups in total. The molecule has 1 aromatic carbocycles. The highest BCUT2D eigenvalue weighted by Gasteiger charge is 2.50. The van der Waals surface area contributed by atoms with Crippen LogP contribution in [0.3, 0.4) is 0 Å². The number of allylic oxidation sites excluding steroid dienone is 4. The summed E-state index contributed by atoms with van der Waals surface area (Å²) in [5.74, 6) is -0.643. The summed E-state index contributed by atoms with van der Waals surface area (Å²) in [6.07, 6.45) is 7.56. The van der Waals surface area contributed by atoms with Gasteiger partial charge in [-0.05, 0) is 36.3 Å². The molecular weight excluding hydrogens is 461 g/mol. The van der Waals surface area contributed by atoms with Gasteiger partial charge in [-0.1, -0.05) is 54.1 Å². The Morgan fingerprint density at radius 1 is 1.27 bits per heavy atom. The molecule has 0 aromatic heterocycles. The molecule has 0 bridgehead atoms. The van der Waals surface area contributed by atoms with Crippen molar-refractivity contribution in [2.24, 2.45) is 11.5 Å². The number of nitrogens with one attached hydrogen (secondary N) is 1. The summed E-state index contributed by atoms with van der Waals surface area (Å²) in [7, 11) is 0. The van der Waals surface area contributed by atoms with Gasteiger partial charge in [-0.2, -0.15) is 0 Å². The quantitative estimate of drug-likeness (QED) is 0.482. The molecular formula is C24H31Cl2N5O2. The van der Waals surface area contributed by atoms with Crippen molar-refractivity contribution in [3.8, 4) is 0 Å². The maximum absolute atomic E-state index is 13.6. The summed E-state index contributed by atoms with van der Waals surface area (Å²) in [6, 6.07) is 7.04. The number of carbonyl (C=O) groups is 2. The molecule has 178 valence electrons. The number of carbonyl (C=O) groups excluding carboxylic acids is 2. The zero-order valence-corrected chi connectivity index (χ0v) is 20.1. The van der Waals surface area contributed by atoms with Gasteiger partial charge in [0.1, 0.15) is 0 Å². The zero-order chi connectivity index (χ0) is 24.0. The van der Waals surface area contributed by atoms with Crippen LogP contribution in [0.5, 0.6) is 0 Å². The SMILES string of the molecule is C=C/C=C(Cl)\C=C/C[C@@]1(N)CNC(C(=O)N2CCN(CC(N)=O)CC2)[C@@H]1c1cccc(Cl)c1. The standard InChI is InChI=1S/C24H31Cl2N5O2/c1-2-5-18(25)8-4-9-24(28)16-29-22(21(24)17-6-3-7-19(26)14-17)23(33)31-12-10-30(11-13-31)15-20(27)32/h2-8,14,21-22,29H,1,9-13,15-16,28H2,(H2,27,32)/b8-4-,18-5+/t21-,22?,24+/m0/s1. The van der Waals surface area contributed by atoms with E-state index in [1.165, 1.54) is 0 Å². The fraction of sp³-hybridized carbons (Fsp3) is 0.417. The predicted octanol–water partition coefficient (Wildman–Crippen LogP) is 1.98. The molecule has 1 unspecified atom stereocenters. The second-order valence-corrected chi connectivity index (χ2v) is 9.46. The first-order valence-electron chi connectivity index (χ1n) is 11.0. The number of benzene rings is 1. The molecule has 0 saturated carbocycles. The van der Waals surface area contributed by atoms with Crippen LogP contribution in [0, 0.1) is 0 Å². The van der Waals surface area contributed by atoms with Crippen molar-refractivity contribution in [3.63, 3.8) is 0 Å². The maximum Gasteiger partial charge on any atom is 0.240 e. The van der Waals surface area contributed by atoms with Crippen molar-refractivity contribution in [2.45, 2.75) is 23.9 Å². The number of halogens is 2. The van der Waals surface area contributed by atoms with Gasteiger partial charge >= 0.3 is 0 Å². The smallest absolute Gasteiger partial charge is 0.240 e. The van der Waals surface area contributed by atoms with Gasteiger partial charge in [0, 0.05) is 54.2 Å². The Kier molecular flexibility index (Phi) is 8.73. The third kappa shape index (κ3) is 6.46. The third-order valence-corrected chi connectivity index (χ3v) is 6.68. The molecule has 3 atom stereocenters. The number of nitrogens with two attached hydrogens (primary N) is 2. The van der Waals surface area contributed by atoms with Crippen LogP contribution >= 0.6 is 23.2 Å². The van der Waals surface area contributed by atoms with Crippen molar-refractivity contribution in [1.82, 2.24) is 15.1 Å². The van der Waals surface area contributed by atoms with Gasteiger partial charge < -0.3 is 21.7 Å². The lowest BCUT2D eigenvalue weighted by Crippen LogP contribution is -2.55. The lowest BCUT2D eigenvalue weighted by atomic mass is 9.76. The molecule has 2 fully saturated rings. The van der Waals surface area contributed by atoms with Crippen LogP contribution in [0.4, 0.5) is 0 Å².